The molecule has 2 rings (SSSR count). The van der Waals surface area contributed by atoms with Crippen molar-refractivity contribution in [2.75, 3.05) is 6.54 Å². The number of nitrogens with two attached hydrogens (primary N) is 1. The van der Waals surface area contributed by atoms with Crippen molar-refractivity contribution in [3.05, 3.63) is 0 Å². The van der Waals surface area contributed by atoms with E-state index >= 15 is 0 Å². The number of hydrogen-bond acceptors (Lipinski definition) is 3. The van der Waals surface area contributed by atoms with Crippen LogP contribution in [0.3, 0.4) is 0 Å². The monoisotopic (exact) mass is 237 g/mol. The van der Waals surface area contributed by atoms with Crippen LogP contribution in [0.15, 0.2) is 4.99 Å². The Morgan fingerprint density at radius 2 is 2.06 bits per heavy atom. The average Bonchev–Trinajstić information content (AvgIpc) is 2.67. The molecule has 0 aromatic rings. The van der Waals surface area contributed by atoms with Gasteiger partial charge in [0.1, 0.15) is 0 Å². The van der Waals surface area contributed by atoms with Gasteiger partial charge in [0.15, 0.2) is 5.96 Å². The maximum absolute atomic E-state index is 6.11. The second kappa shape index (κ2) is 4.87. The summed E-state index contributed by atoms with van der Waals surface area (Å²) < 4.78 is 0. The van der Waals surface area contributed by atoms with E-state index in [0.29, 0.717) is 6.04 Å². The molecule has 3 nitrogen and oxygen atoms in total. The molecule has 1 fully saturated rings. The molecule has 0 amide bonds. The van der Waals surface area contributed by atoms with Crippen molar-refractivity contribution >= 4 is 5.96 Å². The molecule has 17 heavy (non-hydrogen) atoms. The zero-order valence-corrected chi connectivity index (χ0v) is 11.6. The molecule has 1 aliphatic carbocycles. The topological polar surface area (TPSA) is 41.6 Å². The molecule has 2 N–H and O–H groups in total. The van der Waals surface area contributed by atoms with Gasteiger partial charge < -0.3 is 10.6 Å². The highest BCUT2D eigenvalue weighted by Crippen LogP contribution is 2.40. The molecule has 3 heteroatoms. The van der Waals surface area contributed by atoms with Gasteiger partial charge in [0.2, 0.25) is 0 Å². The Kier molecular flexibility index (Phi) is 3.64. The zero-order valence-electron chi connectivity index (χ0n) is 11.6. The third-order valence-corrected chi connectivity index (χ3v) is 4.87. The van der Waals surface area contributed by atoms with E-state index < -0.39 is 0 Å². The van der Waals surface area contributed by atoms with Crippen molar-refractivity contribution in [1.29, 1.82) is 0 Å². The third-order valence-electron chi connectivity index (χ3n) is 4.87. The Balaban J connectivity index is 2.17. The van der Waals surface area contributed by atoms with Gasteiger partial charge in [0, 0.05) is 6.04 Å². The first-order valence-corrected chi connectivity index (χ1v) is 7.19. The van der Waals surface area contributed by atoms with Gasteiger partial charge >= 0.3 is 0 Å². The summed E-state index contributed by atoms with van der Waals surface area (Å²) in [5.74, 6) is 1.54. The van der Waals surface area contributed by atoms with Crippen molar-refractivity contribution in [2.45, 2.75) is 70.9 Å². The molecular weight excluding hydrogens is 210 g/mol. The zero-order chi connectivity index (χ0) is 12.5. The fraction of sp³-hybridized carbons (Fsp3) is 0.929. The molecule has 2 atom stereocenters. The van der Waals surface area contributed by atoms with E-state index in [-0.39, 0.29) is 5.54 Å². The molecule has 0 bridgehead atoms. The standard InChI is InChI=1S/C14H27N3/c1-4-11(2)17-13(15)16-10-14(17,3)12-8-6-5-7-9-12/h11-12H,4-10H2,1-3H3,(H2,15,16). The first kappa shape index (κ1) is 12.7. The van der Waals surface area contributed by atoms with Gasteiger partial charge in [-0.25, -0.2) is 0 Å². The van der Waals surface area contributed by atoms with E-state index in [1.165, 1.54) is 32.1 Å². The minimum atomic E-state index is 0.180. The van der Waals surface area contributed by atoms with Gasteiger partial charge in [-0.15, -0.1) is 0 Å². The van der Waals surface area contributed by atoms with Crippen LogP contribution in [0.2, 0.25) is 0 Å². The van der Waals surface area contributed by atoms with E-state index in [0.717, 1.165) is 24.8 Å². The average molecular weight is 237 g/mol. The lowest BCUT2D eigenvalue weighted by Crippen LogP contribution is -2.57. The largest absolute Gasteiger partial charge is 0.370 e. The molecule has 1 aliphatic heterocycles. The summed E-state index contributed by atoms with van der Waals surface area (Å²) in [6.07, 6.45) is 8.02. The predicted molar refractivity (Wildman–Crippen MR) is 73.1 cm³/mol. The quantitative estimate of drug-likeness (QED) is 0.820. The Morgan fingerprint density at radius 1 is 1.41 bits per heavy atom. The molecule has 0 saturated heterocycles. The SMILES string of the molecule is CCC(C)N1C(N)=NCC1(C)C1CCCCC1. The molecule has 1 heterocycles. The normalized spacial score (nSPS) is 32.6. The van der Waals surface area contributed by atoms with E-state index in [2.05, 4.69) is 30.7 Å². The van der Waals surface area contributed by atoms with Crippen LogP contribution in [0.25, 0.3) is 0 Å². The third kappa shape index (κ3) is 2.16. The molecule has 2 aliphatic rings. The number of rotatable bonds is 3. The molecule has 2 unspecified atom stereocenters. The fourth-order valence-corrected chi connectivity index (χ4v) is 3.62. The molecule has 0 aromatic carbocycles. The van der Waals surface area contributed by atoms with Crippen LogP contribution in [-0.4, -0.2) is 29.0 Å². The van der Waals surface area contributed by atoms with Gasteiger partial charge in [-0.3, -0.25) is 4.99 Å². The van der Waals surface area contributed by atoms with Crippen molar-refractivity contribution in [1.82, 2.24) is 4.90 Å². The van der Waals surface area contributed by atoms with E-state index in [4.69, 9.17) is 5.73 Å². The Morgan fingerprint density at radius 3 is 2.65 bits per heavy atom. The van der Waals surface area contributed by atoms with Crippen LogP contribution >= 0.6 is 0 Å². The van der Waals surface area contributed by atoms with Crippen molar-refractivity contribution in [3.63, 3.8) is 0 Å². The first-order valence-electron chi connectivity index (χ1n) is 7.19. The summed E-state index contributed by atoms with van der Waals surface area (Å²) in [4.78, 5) is 6.94. The van der Waals surface area contributed by atoms with Gasteiger partial charge in [0.25, 0.3) is 0 Å². The summed E-state index contributed by atoms with van der Waals surface area (Å²) in [7, 11) is 0. The highest BCUT2D eigenvalue weighted by molar-refractivity contribution is 5.81. The predicted octanol–water partition coefficient (Wildman–Crippen LogP) is 2.75. The molecule has 0 aromatic heterocycles. The second-order valence-corrected chi connectivity index (χ2v) is 5.99. The van der Waals surface area contributed by atoms with Gasteiger partial charge in [-0.1, -0.05) is 26.2 Å². The van der Waals surface area contributed by atoms with E-state index in [9.17, 15) is 0 Å². The summed E-state index contributed by atoms with van der Waals surface area (Å²) in [6, 6.07) is 0.508. The fourth-order valence-electron chi connectivity index (χ4n) is 3.62. The Labute approximate surface area is 105 Å². The van der Waals surface area contributed by atoms with Crippen molar-refractivity contribution in [2.24, 2.45) is 16.6 Å². The second-order valence-electron chi connectivity index (χ2n) is 5.99. The van der Waals surface area contributed by atoms with Crippen LogP contribution in [0.1, 0.15) is 59.3 Å². The maximum atomic E-state index is 6.11. The van der Waals surface area contributed by atoms with Crippen molar-refractivity contribution < 1.29 is 0 Å². The highest BCUT2D eigenvalue weighted by Gasteiger charge is 2.45. The molecule has 1 saturated carbocycles. The van der Waals surface area contributed by atoms with E-state index in [1.807, 2.05) is 0 Å². The summed E-state index contributed by atoms with van der Waals surface area (Å²) in [5.41, 5.74) is 6.29. The highest BCUT2D eigenvalue weighted by atomic mass is 15.4. The van der Waals surface area contributed by atoms with Crippen LogP contribution in [0, 0.1) is 5.92 Å². The minimum Gasteiger partial charge on any atom is -0.370 e. The maximum Gasteiger partial charge on any atom is 0.192 e. The Hall–Kier alpha value is -0.730. The number of hydrogen-bond donors (Lipinski definition) is 1. The van der Waals surface area contributed by atoms with Crippen LogP contribution in [-0.2, 0) is 0 Å². The van der Waals surface area contributed by atoms with Crippen LogP contribution in [0.4, 0.5) is 0 Å². The van der Waals surface area contributed by atoms with Crippen LogP contribution in [0.5, 0.6) is 0 Å². The lowest BCUT2D eigenvalue weighted by Gasteiger charge is -2.46. The summed E-state index contributed by atoms with van der Waals surface area (Å²) >= 11 is 0. The van der Waals surface area contributed by atoms with E-state index in [1.54, 1.807) is 0 Å². The first-order chi connectivity index (χ1) is 8.09. The molecular formula is C14H27N3. The van der Waals surface area contributed by atoms with Crippen LogP contribution < -0.4 is 5.73 Å². The summed E-state index contributed by atoms with van der Waals surface area (Å²) in [5, 5.41) is 0. The van der Waals surface area contributed by atoms with Gasteiger partial charge in [-0.2, -0.15) is 0 Å². The lowest BCUT2D eigenvalue weighted by atomic mass is 9.74. The minimum absolute atomic E-state index is 0.180. The number of nitrogens with zero attached hydrogens (tertiary/aromatic N) is 2. The molecule has 0 radical (unpaired) electrons. The number of guanidine groups is 1. The molecule has 0 spiro atoms. The lowest BCUT2D eigenvalue weighted by molar-refractivity contribution is 0.0798. The molecule has 98 valence electrons. The Bertz CT molecular complexity index is 294. The number of aliphatic imine (C=N–C) groups is 1. The van der Waals surface area contributed by atoms with Crippen molar-refractivity contribution in [3.8, 4) is 0 Å². The summed E-state index contributed by atoms with van der Waals surface area (Å²) in [6.45, 7) is 7.78. The smallest absolute Gasteiger partial charge is 0.192 e. The van der Waals surface area contributed by atoms with Gasteiger partial charge in [-0.05, 0) is 39.0 Å². The van der Waals surface area contributed by atoms with Gasteiger partial charge in [0.05, 0.1) is 12.1 Å².